The highest BCUT2D eigenvalue weighted by molar-refractivity contribution is 7.80. The van der Waals surface area contributed by atoms with Crippen LogP contribution in [-0.2, 0) is 6.54 Å². The lowest BCUT2D eigenvalue weighted by molar-refractivity contribution is 0.0785. The average Bonchev–Trinajstić information content (AvgIpc) is 2.55. The number of hydrogen-bond acceptors (Lipinski definition) is 3. The number of carbonyl (C=O) groups is 1. The Kier molecular flexibility index (Phi) is 4.11. The minimum absolute atomic E-state index is 0.0232. The molecule has 1 aromatic heterocycles. The summed E-state index contributed by atoms with van der Waals surface area (Å²) < 4.78 is 0. The van der Waals surface area contributed by atoms with Gasteiger partial charge in [0.1, 0.15) is 0 Å². The number of fused-ring (bicyclic) bond motifs is 1. The Morgan fingerprint density at radius 3 is 2.68 bits per heavy atom. The molecule has 0 bridgehead atoms. The van der Waals surface area contributed by atoms with E-state index in [4.69, 9.17) is 0 Å². The summed E-state index contributed by atoms with van der Waals surface area (Å²) in [6, 6.07) is 17.4. The predicted molar refractivity (Wildman–Crippen MR) is 91.2 cm³/mol. The summed E-state index contributed by atoms with van der Waals surface area (Å²) in [7, 11) is 1.81. The molecule has 3 aromatic rings. The molecule has 22 heavy (non-hydrogen) atoms. The number of amides is 1. The van der Waals surface area contributed by atoms with Gasteiger partial charge in [-0.3, -0.25) is 9.78 Å². The fourth-order valence-electron chi connectivity index (χ4n) is 2.45. The van der Waals surface area contributed by atoms with E-state index in [-0.39, 0.29) is 5.91 Å². The number of nitrogens with zero attached hydrogens (tertiary/aromatic N) is 2. The Labute approximate surface area is 135 Å². The molecule has 0 atom stereocenters. The fraction of sp³-hybridized carbons (Fsp3) is 0.111. The number of rotatable bonds is 3. The molecule has 0 N–H and O–H groups in total. The van der Waals surface area contributed by atoms with Crippen LogP contribution < -0.4 is 0 Å². The number of aromatic nitrogens is 1. The first-order chi connectivity index (χ1) is 10.6. The van der Waals surface area contributed by atoms with Crippen molar-refractivity contribution < 1.29 is 4.79 Å². The molecular formula is C18H16N2OS. The highest BCUT2D eigenvalue weighted by atomic mass is 32.1. The van der Waals surface area contributed by atoms with E-state index in [9.17, 15) is 4.79 Å². The van der Waals surface area contributed by atoms with Crippen molar-refractivity contribution in [1.82, 2.24) is 9.88 Å². The molecule has 0 radical (unpaired) electrons. The van der Waals surface area contributed by atoms with Gasteiger partial charge < -0.3 is 4.90 Å². The maximum Gasteiger partial charge on any atom is 0.253 e. The lowest BCUT2D eigenvalue weighted by Crippen LogP contribution is -2.26. The molecule has 3 nitrogen and oxygen atoms in total. The first-order valence-electron chi connectivity index (χ1n) is 7.02. The van der Waals surface area contributed by atoms with Crippen molar-refractivity contribution in [3.8, 4) is 0 Å². The van der Waals surface area contributed by atoms with E-state index >= 15 is 0 Å². The van der Waals surface area contributed by atoms with Crippen LogP contribution in [0.15, 0.2) is 65.7 Å². The third-order valence-electron chi connectivity index (χ3n) is 3.54. The molecule has 4 heteroatoms. The van der Waals surface area contributed by atoms with Crippen LogP contribution in [-0.4, -0.2) is 22.8 Å². The number of hydrogen-bond donors (Lipinski definition) is 1. The minimum Gasteiger partial charge on any atom is -0.337 e. The maximum absolute atomic E-state index is 12.6. The van der Waals surface area contributed by atoms with E-state index in [0.29, 0.717) is 12.1 Å². The molecule has 0 unspecified atom stereocenters. The zero-order valence-corrected chi connectivity index (χ0v) is 13.1. The van der Waals surface area contributed by atoms with Crippen molar-refractivity contribution in [2.24, 2.45) is 0 Å². The van der Waals surface area contributed by atoms with Crippen LogP contribution in [0.5, 0.6) is 0 Å². The van der Waals surface area contributed by atoms with Gasteiger partial charge in [-0.1, -0.05) is 36.4 Å². The Morgan fingerprint density at radius 2 is 1.91 bits per heavy atom. The predicted octanol–water partition coefficient (Wildman–Crippen LogP) is 3.80. The molecule has 0 aliphatic heterocycles. The van der Waals surface area contributed by atoms with Gasteiger partial charge in [-0.2, -0.15) is 0 Å². The monoisotopic (exact) mass is 308 g/mol. The van der Waals surface area contributed by atoms with Crippen molar-refractivity contribution in [3.05, 3.63) is 71.9 Å². The van der Waals surface area contributed by atoms with Crippen LogP contribution in [0.3, 0.4) is 0 Å². The molecule has 110 valence electrons. The van der Waals surface area contributed by atoms with E-state index in [1.165, 1.54) is 0 Å². The highest BCUT2D eigenvalue weighted by Crippen LogP contribution is 2.23. The lowest BCUT2D eigenvalue weighted by atomic mass is 10.1. The molecule has 0 aliphatic carbocycles. The molecule has 2 aromatic carbocycles. The van der Waals surface area contributed by atoms with Gasteiger partial charge in [-0.05, 0) is 23.8 Å². The lowest BCUT2D eigenvalue weighted by Gasteiger charge is -2.18. The van der Waals surface area contributed by atoms with Crippen molar-refractivity contribution >= 4 is 29.4 Å². The van der Waals surface area contributed by atoms with Gasteiger partial charge in [0, 0.05) is 35.6 Å². The molecule has 0 fully saturated rings. The van der Waals surface area contributed by atoms with Gasteiger partial charge in [0.25, 0.3) is 5.91 Å². The van der Waals surface area contributed by atoms with Crippen LogP contribution in [0, 0.1) is 0 Å². The Morgan fingerprint density at radius 1 is 1.14 bits per heavy atom. The van der Waals surface area contributed by atoms with Crippen molar-refractivity contribution in [3.63, 3.8) is 0 Å². The van der Waals surface area contributed by atoms with Gasteiger partial charge in [-0.25, -0.2) is 0 Å². The largest absolute Gasteiger partial charge is 0.337 e. The molecular weight excluding hydrogens is 292 g/mol. The zero-order chi connectivity index (χ0) is 15.5. The minimum atomic E-state index is -0.0232. The summed E-state index contributed by atoms with van der Waals surface area (Å²) in [6.07, 6.45) is 1.73. The maximum atomic E-state index is 12.6. The third kappa shape index (κ3) is 2.97. The van der Waals surface area contributed by atoms with Crippen LogP contribution in [0.4, 0.5) is 0 Å². The first-order valence-corrected chi connectivity index (χ1v) is 7.47. The van der Waals surface area contributed by atoms with E-state index in [2.05, 4.69) is 17.6 Å². The van der Waals surface area contributed by atoms with E-state index in [1.807, 2.05) is 48.5 Å². The third-order valence-corrected chi connectivity index (χ3v) is 3.88. The number of thiol groups is 1. The van der Waals surface area contributed by atoms with Gasteiger partial charge in [0.2, 0.25) is 0 Å². The van der Waals surface area contributed by atoms with Crippen LogP contribution >= 0.6 is 12.6 Å². The second-order valence-electron chi connectivity index (χ2n) is 5.22. The number of pyridine rings is 1. The summed E-state index contributed by atoms with van der Waals surface area (Å²) in [6.45, 7) is 0.576. The standard InChI is InChI=1S/C18H16N2OS/c1-20(12-13-6-3-2-4-7-13)18(21)15-10-14-8-5-9-19-17(14)16(22)11-15/h2-11,22H,12H2,1H3. The second kappa shape index (κ2) is 6.20. The van der Waals surface area contributed by atoms with Gasteiger partial charge >= 0.3 is 0 Å². The molecule has 0 aliphatic rings. The van der Waals surface area contributed by atoms with Crippen molar-refractivity contribution in [2.75, 3.05) is 7.05 Å². The highest BCUT2D eigenvalue weighted by Gasteiger charge is 2.14. The summed E-state index contributed by atoms with van der Waals surface area (Å²) in [4.78, 5) is 19.3. The molecule has 3 rings (SSSR count). The summed E-state index contributed by atoms with van der Waals surface area (Å²) in [5.41, 5.74) is 2.55. The van der Waals surface area contributed by atoms with Crippen LogP contribution in [0.2, 0.25) is 0 Å². The molecule has 1 amide bonds. The SMILES string of the molecule is CN(Cc1ccccc1)C(=O)c1cc(S)c2ncccc2c1. The van der Waals surface area contributed by atoms with Crippen LogP contribution in [0.1, 0.15) is 15.9 Å². The Bertz CT molecular complexity index is 818. The van der Waals surface area contributed by atoms with Crippen molar-refractivity contribution in [1.29, 1.82) is 0 Å². The summed E-state index contributed by atoms with van der Waals surface area (Å²) in [5, 5.41) is 0.923. The molecule has 1 heterocycles. The summed E-state index contributed by atoms with van der Waals surface area (Å²) in [5.74, 6) is -0.0232. The van der Waals surface area contributed by atoms with Gasteiger partial charge in [0.05, 0.1) is 5.52 Å². The number of benzene rings is 2. The molecule has 0 saturated heterocycles. The van der Waals surface area contributed by atoms with Gasteiger partial charge in [0.15, 0.2) is 0 Å². The van der Waals surface area contributed by atoms with E-state index < -0.39 is 0 Å². The van der Waals surface area contributed by atoms with Crippen LogP contribution in [0.25, 0.3) is 10.9 Å². The Balaban J connectivity index is 1.88. The molecule has 0 saturated carbocycles. The fourth-order valence-corrected chi connectivity index (χ4v) is 2.77. The molecule has 0 spiro atoms. The van der Waals surface area contributed by atoms with E-state index in [0.717, 1.165) is 21.4 Å². The number of carbonyl (C=O) groups excluding carboxylic acids is 1. The normalized spacial score (nSPS) is 10.6. The summed E-state index contributed by atoms with van der Waals surface area (Å²) >= 11 is 4.45. The van der Waals surface area contributed by atoms with Crippen molar-refractivity contribution in [2.45, 2.75) is 11.4 Å². The zero-order valence-electron chi connectivity index (χ0n) is 12.2. The topological polar surface area (TPSA) is 33.2 Å². The van der Waals surface area contributed by atoms with Gasteiger partial charge in [-0.15, -0.1) is 12.6 Å². The Hall–Kier alpha value is -2.33. The quantitative estimate of drug-likeness (QED) is 0.747. The first kappa shape index (κ1) is 14.6. The smallest absolute Gasteiger partial charge is 0.253 e. The van der Waals surface area contributed by atoms with E-state index in [1.54, 1.807) is 24.2 Å². The second-order valence-corrected chi connectivity index (χ2v) is 5.70. The average molecular weight is 308 g/mol.